The van der Waals surface area contributed by atoms with Gasteiger partial charge >= 0.3 is 0 Å². The molecule has 3 nitrogen and oxygen atoms in total. The summed E-state index contributed by atoms with van der Waals surface area (Å²) < 4.78 is 0.278. The lowest BCUT2D eigenvalue weighted by atomic mass is 10.0. The summed E-state index contributed by atoms with van der Waals surface area (Å²) in [6.45, 7) is 7.15. The van der Waals surface area contributed by atoms with Crippen LogP contribution in [-0.2, 0) is 6.42 Å². The number of hydrogen-bond acceptors (Lipinski definition) is 3. The molecule has 1 saturated heterocycles. The van der Waals surface area contributed by atoms with Crippen molar-refractivity contribution in [3.8, 4) is 0 Å². The number of benzene rings is 1. The highest BCUT2D eigenvalue weighted by Gasteiger charge is 2.27. The SMILES string of the molecule is CNCCc1ccccc1C(=O)N1CCSC(C)(C)CC1. The van der Waals surface area contributed by atoms with Crippen molar-refractivity contribution in [3.05, 3.63) is 35.4 Å². The number of amides is 1. The molecule has 1 N–H and O–H groups in total. The Morgan fingerprint density at radius 1 is 1.33 bits per heavy atom. The highest BCUT2D eigenvalue weighted by Crippen LogP contribution is 2.31. The molecular formula is C17H26N2OS. The van der Waals surface area contributed by atoms with E-state index in [0.717, 1.165) is 49.4 Å². The van der Waals surface area contributed by atoms with Gasteiger partial charge in [0.1, 0.15) is 0 Å². The number of nitrogens with one attached hydrogen (secondary N) is 1. The van der Waals surface area contributed by atoms with Crippen molar-refractivity contribution in [3.63, 3.8) is 0 Å². The fourth-order valence-electron chi connectivity index (χ4n) is 2.60. The molecule has 1 amide bonds. The van der Waals surface area contributed by atoms with Gasteiger partial charge in [-0.25, -0.2) is 0 Å². The van der Waals surface area contributed by atoms with Crippen LogP contribution >= 0.6 is 11.8 Å². The van der Waals surface area contributed by atoms with Crippen LogP contribution in [0.3, 0.4) is 0 Å². The van der Waals surface area contributed by atoms with Gasteiger partial charge in [0.2, 0.25) is 0 Å². The lowest BCUT2D eigenvalue weighted by Crippen LogP contribution is -2.34. The van der Waals surface area contributed by atoms with Crippen molar-refractivity contribution in [1.82, 2.24) is 10.2 Å². The van der Waals surface area contributed by atoms with Crippen LogP contribution < -0.4 is 5.32 Å². The number of nitrogens with zero attached hydrogens (tertiary/aromatic N) is 1. The molecule has 0 aromatic heterocycles. The first-order valence-electron chi connectivity index (χ1n) is 7.69. The standard InChI is InChI=1S/C17H26N2OS/c1-17(2)9-11-19(12-13-21-17)16(20)15-7-5-4-6-14(15)8-10-18-3/h4-7,18H,8-13H2,1-3H3. The first-order chi connectivity index (χ1) is 10.0. The number of thioether (sulfide) groups is 1. The van der Waals surface area contributed by atoms with Crippen LogP contribution in [0, 0.1) is 0 Å². The first kappa shape index (κ1) is 16.4. The zero-order valence-corrected chi connectivity index (χ0v) is 14.1. The van der Waals surface area contributed by atoms with E-state index in [4.69, 9.17) is 0 Å². The number of rotatable bonds is 4. The molecule has 0 atom stereocenters. The van der Waals surface area contributed by atoms with E-state index < -0.39 is 0 Å². The molecule has 1 aliphatic heterocycles. The number of carbonyl (C=O) groups excluding carboxylic acids is 1. The Balaban J connectivity index is 2.12. The first-order valence-corrected chi connectivity index (χ1v) is 8.68. The number of carbonyl (C=O) groups is 1. The van der Waals surface area contributed by atoms with Gasteiger partial charge in [-0.3, -0.25) is 4.79 Å². The van der Waals surface area contributed by atoms with Crippen LogP contribution in [0.2, 0.25) is 0 Å². The van der Waals surface area contributed by atoms with E-state index in [2.05, 4.69) is 25.2 Å². The van der Waals surface area contributed by atoms with Crippen LogP contribution in [0.1, 0.15) is 36.2 Å². The molecule has 0 radical (unpaired) electrons. The summed E-state index contributed by atoms with van der Waals surface area (Å²) in [6.07, 6.45) is 1.95. The molecule has 0 spiro atoms. The van der Waals surface area contributed by atoms with E-state index in [1.165, 1.54) is 0 Å². The minimum Gasteiger partial charge on any atom is -0.338 e. The number of hydrogen-bond donors (Lipinski definition) is 1. The van der Waals surface area contributed by atoms with Gasteiger partial charge in [-0.2, -0.15) is 11.8 Å². The molecule has 1 heterocycles. The highest BCUT2D eigenvalue weighted by molar-refractivity contribution is 8.00. The fourth-order valence-corrected chi connectivity index (χ4v) is 3.70. The summed E-state index contributed by atoms with van der Waals surface area (Å²) in [4.78, 5) is 14.9. The summed E-state index contributed by atoms with van der Waals surface area (Å²) in [5.74, 6) is 1.22. The maximum atomic E-state index is 12.8. The quantitative estimate of drug-likeness (QED) is 0.928. The van der Waals surface area contributed by atoms with E-state index in [1.54, 1.807) is 0 Å². The largest absolute Gasteiger partial charge is 0.338 e. The number of likely N-dealkylation sites (N-methyl/N-ethyl adjacent to an activating group) is 1. The zero-order chi connectivity index (χ0) is 15.3. The lowest BCUT2D eigenvalue weighted by Gasteiger charge is -2.23. The second-order valence-electron chi connectivity index (χ2n) is 6.16. The van der Waals surface area contributed by atoms with Crippen molar-refractivity contribution < 1.29 is 4.79 Å². The molecule has 4 heteroatoms. The van der Waals surface area contributed by atoms with Crippen LogP contribution in [0.25, 0.3) is 0 Å². The summed E-state index contributed by atoms with van der Waals surface area (Å²) in [5.41, 5.74) is 2.02. The molecule has 1 fully saturated rings. The van der Waals surface area contributed by atoms with Crippen LogP contribution in [0.15, 0.2) is 24.3 Å². The topological polar surface area (TPSA) is 32.3 Å². The highest BCUT2D eigenvalue weighted by atomic mass is 32.2. The summed E-state index contributed by atoms with van der Waals surface area (Å²) in [7, 11) is 1.94. The Labute approximate surface area is 132 Å². The summed E-state index contributed by atoms with van der Waals surface area (Å²) >= 11 is 1.97. The third kappa shape index (κ3) is 4.48. The predicted molar refractivity (Wildman–Crippen MR) is 91.1 cm³/mol. The molecule has 116 valence electrons. The van der Waals surface area contributed by atoms with Crippen LogP contribution in [0.5, 0.6) is 0 Å². The van der Waals surface area contributed by atoms with Crippen LogP contribution in [0.4, 0.5) is 0 Å². The van der Waals surface area contributed by atoms with Gasteiger partial charge in [-0.1, -0.05) is 32.0 Å². The van der Waals surface area contributed by atoms with E-state index in [9.17, 15) is 4.79 Å². The maximum absolute atomic E-state index is 12.8. The monoisotopic (exact) mass is 306 g/mol. The van der Waals surface area contributed by atoms with Gasteiger partial charge in [0.15, 0.2) is 0 Å². The van der Waals surface area contributed by atoms with Gasteiger partial charge in [0, 0.05) is 29.2 Å². The third-order valence-electron chi connectivity index (χ3n) is 4.02. The molecule has 0 unspecified atom stereocenters. The van der Waals surface area contributed by atoms with Gasteiger partial charge < -0.3 is 10.2 Å². The van der Waals surface area contributed by atoms with Gasteiger partial charge in [-0.15, -0.1) is 0 Å². The molecule has 21 heavy (non-hydrogen) atoms. The normalized spacial score (nSPS) is 18.3. The summed E-state index contributed by atoms with van der Waals surface area (Å²) in [6, 6.07) is 8.02. The molecule has 1 aromatic rings. The van der Waals surface area contributed by atoms with Gasteiger partial charge in [-0.05, 0) is 38.1 Å². The Morgan fingerprint density at radius 2 is 2.10 bits per heavy atom. The van der Waals surface area contributed by atoms with Crippen molar-refractivity contribution in [2.24, 2.45) is 0 Å². The molecule has 1 aromatic carbocycles. The van der Waals surface area contributed by atoms with E-state index in [0.29, 0.717) is 0 Å². The average molecular weight is 306 g/mol. The van der Waals surface area contributed by atoms with Gasteiger partial charge in [0.05, 0.1) is 0 Å². The maximum Gasteiger partial charge on any atom is 0.254 e. The smallest absolute Gasteiger partial charge is 0.254 e. The average Bonchev–Trinajstić information content (AvgIpc) is 2.65. The van der Waals surface area contributed by atoms with E-state index >= 15 is 0 Å². The van der Waals surface area contributed by atoms with E-state index in [1.807, 2.05) is 41.9 Å². The second kappa shape index (κ2) is 7.32. The zero-order valence-electron chi connectivity index (χ0n) is 13.3. The molecule has 1 aliphatic rings. The van der Waals surface area contributed by atoms with Crippen molar-refractivity contribution in [1.29, 1.82) is 0 Å². The Bertz CT molecular complexity index is 487. The molecule has 0 aliphatic carbocycles. The van der Waals surface area contributed by atoms with Crippen molar-refractivity contribution in [2.45, 2.75) is 31.4 Å². The minimum absolute atomic E-state index is 0.194. The van der Waals surface area contributed by atoms with E-state index in [-0.39, 0.29) is 10.7 Å². The van der Waals surface area contributed by atoms with Crippen LogP contribution in [-0.4, -0.2) is 48.0 Å². The third-order valence-corrected chi connectivity index (χ3v) is 5.39. The van der Waals surface area contributed by atoms with Crippen molar-refractivity contribution in [2.75, 3.05) is 32.4 Å². The van der Waals surface area contributed by atoms with Crippen molar-refractivity contribution >= 4 is 17.7 Å². The minimum atomic E-state index is 0.194. The molecule has 2 rings (SSSR count). The Morgan fingerprint density at radius 3 is 2.86 bits per heavy atom. The molecule has 0 saturated carbocycles. The fraction of sp³-hybridized carbons (Fsp3) is 0.588. The molecular weight excluding hydrogens is 280 g/mol. The molecule has 0 bridgehead atoms. The Hall–Kier alpha value is -1.00. The summed E-state index contributed by atoms with van der Waals surface area (Å²) in [5, 5.41) is 3.15. The van der Waals surface area contributed by atoms with Gasteiger partial charge in [0.25, 0.3) is 5.91 Å². The Kier molecular flexibility index (Phi) is 5.71. The predicted octanol–water partition coefficient (Wildman–Crippen LogP) is 2.81. The lowest BCUT2D eigenvalue weighted by molar-refractivity contribution is 0.0763. The second-order valence-corrected chi connectivity index (χ2v) is 7.96.